The molecule has 0 radical (unpaired) electrons. The topological polar surface area (TPSA) is 35.5 Å². The molecule has 0 spiro atoms. The van der Waals surface area contributed by atoms with E-state index in [9.17, 15) is 4.79 Å². The van der Waals surface area contributed by atoms with E-state index >= 15 is 0 Å². The number of esters is 1. The van der Waals surface area contributed by atoms with Gasteiger partial charge in [0.1, 0.15) is 0 Å². The second-order valence-electron chi connectivity index (χ2n) is 12.0. The number of unbranched alkanes of at least 4 members (excludes halogenated alkanes) is 21. The number of hydrogen-bond donors (Lipinski definition) is 0. The van der Waals surface area contributed by atoms with Gasteiger partial charge in [0.15, 0.2) is 5.60 Å². The van der Waals surface area contributed by atoms with E-state index in [2.05, 4.69) is 37.2 Å². The van der Waals surface area contributed by atoms with Crippen LogP contribution in [0.5, 0.6) is 0 Å². The maximum absolute atomic E-state index is 13.3. The Balaban J connectivity index is 4.08. The molecule has 228 valence electrons. The molecule has 0 heterocycles. The molecule has 0 aromatic carbocycles. The normalized spacial score (nSPS) is 13.9. The highest BCUT2D eigenvalue weighted by Gasteiger charge is 2.44. The Morgan fingerprint density at radius 2 is 0.947 bits per heavy atom. The van der Waals surface area contributed by atoms with Gasteiger partial charge in [-0.1, -0.05) is 175 Å². The molecule has 38 heavy (non-hydrogen) atoms. The number of carbonyl (C=O) groups is 1. The van der Waals surface area contributed by atoms with E-state index in [1.165, 1.54) is 128 Å². The van der Waals surface area contributed by atoms with E-state index in [0.717, 1.165) is 38.5 Å². The lowest BCUT2D eigenvalue weighted by Crippen LogP contribution is -2.46. The first-order valence-corrected chi connectivity index (χ1v) is 17.6. The molecule has 0 aliphatic heterocycles. The van der Waals surface area contributed by atoms with Crippen LogP contribution < -0.4 is 0 Å². The lowest BCUT2D eigenvalue weighted by Gasteiger charge is -2.35. The lowest BCUT2D eigenvalue weighted by atomic mass is 9.81. The Morgan fingerprint density at radius 1 is 0.579 bits per heavy atom. The van der Waals surface area contributed by atoms with Gasteiger partial charge in [-0.25, -0.2) is 4.79 Å². The quantitative estimate of drug-likeness (QED) is 0.0501. The molecule has 0 bridgehead atoms. The van der Waals surface area contributed by atoms with E-state index in [0.29, 0.717) is 6.61 Å². The van der Waals surface area contributed by atoms with Crippen molar-refractivity contribution in [3.63, 3.8) is 0 Å². The minimum Gasteiger partial charge on any atom is -0.464 e. The minimum absolute atomic E-state index is 0.136. The van der Waals surface area contributed by atoms with Crippen LogP contribution >= 0.6 is 9.47 Å². The molecule has 0 rings (SSSR count). The van der Waals surface area contributed by atoms with Gasteiger partial charge in [0.2, 0.25) is 0 Å². The van der Waals surface area contributed by atoms with Crippen molar-refractivity contribution in [2.45, 2.75) is 200 Å². The summed E-state index contributed by atoms with van der Waals surface area (Å²) >= 11 is 0. The predicted octanol–water partition coefficient (Wildman–Crippen LogP) is 11.9. The van der Waals surface area contributed by atoms with E-state index in [4.69, 9.17) is 9.26 Å². The van der Waals surface area contributed by atoms with Crippen LogP contribution in [0.15, 0.2) is 0 Å². The first-order valence-electron chi connectivity index (χ1n) is 17.1. The molecule has 0 fully saturated rings. The Labute approximate surface area is 242 Å². The molecule has 4 heteroatoms. The van der Waals surface area contributed by atoms with Crippen molar-refractivity contribution < 1.29 is 14.1 Å². The molecule has 0 aliphatic carbocycles. The predicted molar refractivity (Wildman–Crippen MR) is 171 cm³/mol. The summed E-state index contributed by atoms with van der Waals surface area (Å²) in [6, 6.07) is 0. The highest BCUT2D eigenvalue weighted by atomic mass is 31.0. The van der Waals surface area contributed by atoms with Gasteiger partial charge in [-0.05, 0) is 25.2 Å². The fraction of sp³-hybridized carbons (Fsp3) is 0.971. The Kier molecular flexibility index (Phi) is 28.3. The van der Waals surface area contributed by atoms with Crippen molar-refractivity contribution in [1.82, 2.24) is 0 Å². The summed E-state index contributed by atoms with van der Waals surface area (Å²) in [5, 5.41) is 0. The summed E-state index contributed by atoms with van der Waals surface area (Å²) in [6.45, 7) is 9.45. The zero-order valence-electron chi connectivity index (χ0n) is 26.5. The summed E-state index contributed by atoms with van der Waals surface area (Å²) in [7, 11) is 2.40. The third-order valence-corrected chi connectivity index (χ3v) is 8.90. The van der Waals surface area contributed by atoms with Crippen LogP contribution in [0.2, 0.25) is 0 Å². The summed E-state index contributed by atoms with van der Waals surface area (Å²) in [4.78, 5) is 13.3. The van der Waals surface area contributed by atoms with Crippen molar-refractivity contribution in [2.24, 2.45) is 5.92 Å². The van der Waals surface area contributed by atoms with E-state index < -0.39 is 5.60 Å². The zero-order valence-corrected chi connectivity index (χ0v) is 27.6. The van der Waals surface area contributed by atoms with Gasteiger partial charge in [0, 0.05) is 9.47 Å². The molecule has 0 amide bonds. The van der Waals surface area contributed by atoms with Crippen LogP contribution in [-0.2, 0) is 14.1 Å². The Morgan fingerprint density at radius 3 is 1.34 bits per heavy atom. The average molecular weight is 557 g/mol. The molecule has 0 saturated carbocycles. The van der Waals surface area contributed by atoms with Crippen molar-refractivity contribution in [2.75, 3.05) is 6.61 Å². The molecular formula is C34H69O3P. The molecular weight excluding hydrogens is 487 g/mol. The van der Waals surface area contributed by atoms with Crippen molar-refractivity contribution in [3.05, 3.63) is 0 Å². The number of carbonyl (C=O) groups excluding carboxylic acids is 1. The molecule has 3 nitrogen and oxygen atoms in total. The van der Waals surface area contributed by atoms with Gasteiger partial charge in [-0.15, -0.1) is 0 Å². The Bertz CT molecular complexity index is 498. The molecule has 3 unspecified atom stereocenters. The maximum atomic E-state index is 13.3. The maximum Gasteiger partial charge on any atom is 0.339 e. The molecule has 0 N–H and O–H groups in total. The number of rotatable bonds is 30. The monoisotopic (exact) mass is 556 g/mol. The van der Waals surface area contributed by atoms with E-state index in [-0.39, 0.29) is 11.9 Å². The smallest absolute Gasteiger partial charge is 0.339 e. The second kappa shape index (κ2) is 28.4. The lowest BCUT2D eigenvalue weighted by molar-refractivity contribution is -0.167. The summed E-state index contributed by atoms with van der Waals surface area (Å²) in [6.07, 6.45) is 33.0. The summed E-state index contributed by atoms with van der Waals surface area (Å²) in [5.41, 5.74) is -0.808. The number of hydrogen-bond acceptors (Lipinski definition) is 3. The van der Waals surface area contributed by atoms with Gasteiger partial charge in [0.25, 0.3) is 0 Å². The van der Waals surface area contributed by atoms with Crippen LogP contribution in [0.1, 0.15) is 195 Å². The van der Waals surface area contributed by atoms with Gasteiger partial charge in [-0.3, -0.25) is 0 Å². The van der Waals surface area contributed by atoms with E-state index in [1.807, 2.05) is 0 Å². The third-order valence-electron chi connectivity index (χ3n) is 8.48. The largest absolute Gasteiger partial charge is 0.464 e. The van der Waals surface area contributed by atoms with Crippen LogP contribution in [-0.4, -0.2) is 18.2 Å². The third kappa shape index (κ3) is 19.8. The molecule has 0 aliphatic rings. The first kappa shape index (κ1) is 37.9. The van der Waals surface area contributed by atoms with Crippen LogP contribution in [0, 0.1) is 5.92 Å². The van der Waals surface area contributed by atoms with Gasteiger partial charge < -0.3 is 9.26 Å². The SMILES string of the molecule is CCCCCCCCCCCCCCCCOC(=O)C(CCCC)(OP)C(C)CCCCCCCCCC. The molecule has 3 atom stereocenters. The van der Waals surface area contributed by atoms with Gasteiger partial charge >= 0.3 is 5.97 Å². The van der Waals surface area contributed by atoms with E-state index in [1.54, 1.807) is 0 Å². The Hall–Kier alpha value is -0.140. The average Bonchev–Trinajstić information content (AvgIpc) is 2.93. The second-order valence-corrected chi connectivity index (χ2v) is 12.2. The molecule has 0 aromatic heterocycles. The van der Waals surface area contributed by atoms with Gasteiger partial charge in [-0.2, -0.15) is 0 Å². The highest BCUT2D eigenvalue weighted by Crippen LogP contribution is 2.35. The number of ether oxygens (including phenoxy) is 1. The van der Waals surface area contributed by atoms with Crippen LogP contribution in [0.4, 0.5) is 0 Å². The summed E-state index contributed by atoms with van der Waals surface area (Å²) < 4.78 is 11.7. The molecule has 0 saturated heterocycles. The van der Waals surface area contributed by atoms with Crippen molar-refractivity contribution in [3.8, 4) is 0 Å². The van der Waals surface area contributed by atoms with Crippen LogP contribution in [0.3, 0.4) is 0 Å². The van der Waals surface area contributed by atoms with Crippen LogP contribution in [0.25, 0.3) is 0 Å². The fourth-order valence-corrected chi connectivity index (χ4v) is 6.06. The standard InChI is InChI=1S/C34H69O3P/c1-5-8-11-13-15-17-18-19-20-21-22-24-26-28-31-36-33(35)34(37-38,30-10-7-3)32(4)29-27-25-23-16-14-12-9-6-2/h32H,5-31,38H2,1-4H3. The minimum atomic E-state index is -0.808. The summed E-state index contributed by atoms with van der Waals surface area (Å²) in [5.74, 6) is 0.0400. The molecule has 0 aromatic rings. The first-order chi connectivity index (χ1) is 18.6. The van der Waals surface area contributed by atoms with Crippen molar-refractivity contribution >= 4 is 15.4 Å². The zero-order chi connectivity index (χ0) is 28.2. The van der Waals surface area contributed by atoms with Gasteiger partial charge in [0.05, 0.1) is 6.61 Å². The fourth-order valence-electron chi connectivity index (χ4n) is 5.61. The van der Waals surface area contributed by atoms with Crippen molar-refractivity contribution in [1.29, 1.82) is 0 Å². The highest BCUT2D eigenvalue weighted by molar-refractivity contribution is 7.10.